The van der Waals surface area contributed by atoms with E-state index in [9.17, 15) is 4.79 Å². The molecule has 0 atom stereocenters. The first kappa shape index (κ1) is 16.8. The molecule has 0 aliphatic heterocycles. The summed E-state index contributed by atoms with van der Waals surface area (Å²) in [4.78, 5) is 12.3. The molecule has 0 saturated carbocycles. The molecule has 0 aliphatic carbocycles. The highest BCUT2D eigenvalue weighted by molar-refractivity contribution is 5.94. The highest BCUT2D eigenvalue weighted by atomic mass is 16.5. The van der Waals surface area contributed by atoms with E-state index in [1.807, 2.05) is 50.4 Å². The molecule has 0 fully saturated rings. The summed E-state index contributed by atoms with van der Waals surface area (Å²) in [5, 5.41) is 7.21. The SMILES string of the molecule is COc1ccc(CNC(=O)c2ccc(-n3cc(C)cn3)cc2)cc1C. The van der Waals surface area contributed by atoms with Crippen molar-refractivity contribution in [2.75, 3.05) is 7.11 Å². The number of rotatable bonds is 5. The van der Waals surface area contributed by atoms with E-state index in [0.29, 0.717) is 12.1 Å². The van der Waals surface area contributed by atoms with Crippen molar-refractivity contribution in [3.8, 4) is 11.4 Å². The lowest BCUT2D eigenvalue weighted by Gasteiger charge is -2.09. The number of nitrogens with one attached hydrogen (secondary N) is 1. The largest absolute Gasteiger partial charge is 0.496 e. The Hall–Kier alpha value is -3.08. The summed E-state index contributed by atoms with van der Waals surface area (Å²) in [5.74, 6) is 0.746. The van der Waals surface area contributed by atoms with E-state index in [0.717, 1.165) is 28.1 Å². The van der Waals surface area contributed by atoms with Crippen LogP contribution >= 0.6 is 0 Å². The first-order valence-corrected chi connectivity index (χ1v) is 8.10. The van der Waals surface area contributed by atoms with Gasteiger partial charge in [0.15, 0.2) is 0 Å². The lowest BCUT2D eigenvalue weighted by molar-refractivity contribution is 0.0951. The van der Waals surface area contributed by atoms with Crippen LogP contribution in [0.15, 0.2) is 54.9 Å². The van der Waals surface area contributed by atoms with Crippen LogP contribution in [0.5, 0.6) is 5.75 Å². The third-order valence-corrected chi connectivity index (χ3v) is 4.02. The summed E-state index contributed by atoms with van der Waals surface area (Å²) in [6.07, 6.45) is 3.75. The number of carbonyl (C=O) groups excluding carboxylic acids is 1. The van der Waals surface area contributed by atoms with Crippen LogP contribution in [0, 0.1) is 13.8 Å². The minimum absolute atomic E-state index is 0.100. The Bertz CT molecular complexity index is 882. The van der Waals surface area contributed by atoms with Gasteiger partial charge in [-0.3, -0.25) is 4.79 Å². The molecule has 25 heavy (non-hydrogen) atoms. The predicted molar refractivity (Wildman–Crippen MR) is 97.2 cm³/mol. The Labute approximate surface area is 147 Å². The summed E-state index contributed by atoms with van der Waals surface area (Å²) in [6.45, 7) is 4.45. The van der Waals surface area contributed by atoms with Crippen molar-refractivity contribution in [1.82, 2.24) is 15.1 Å². The molecule has 1 heterocycles. The molecule has 0 bridgehead atoms. The van der Waals surface area contributed by atoms with E-state index in [-0.39, 0.29) is 5.91 Å². The summed E-state index contributed by atoms with van der Waals surface area (Å²) in [6, 6.07) is 13.3. The van der Waals surface area contributed by atoms with Gasteiger partial charge in [-0.1, -0.05) is 12.1 Å². The highest BCUT2D eigenvalue weighted by Crippen LogP contribution is 2.18. The van der Waals surface area contributed by atoms with Crippen LogP contribution in [-0.2, 0) is 6.54 Å². The molecule has 0 spiro atoms. The third-order valence-electron chi connectivity index (χ3n) is 4.02. The van der Waals surface area contributed by atoms with Crippen LogP contribution in [0.25, 0.3) is 5.69 Å². The van der Waals surface area contributed by atoms with Crippen LogP contribution in [0.1, 0.15) is 27.0 Å². The third kappa shape index (κ3) is 3.88. The van der Waals surface area contributed by atoms with Gasteiger partial charge in [-0.05, 0) is 60.9 Å². The number of aryl methyl sites for hydroxylation is 2. The second-order valence-corrected chi connectivity index (χ2v) is 6.00. The van der Waals surface area contributed by atoms with Gasteiger partial charge in [0, 0.05) is 18.3 Å². The minimum atomic E-state index is -0.100. The average Bonchev–Trinajstić information content (AvgIpc) is 3.06. The molecule has 3 aromatic rings. The molecule has 1 amide bonds. The maximum atomic E-state index is 12.3. The fraction of sp³-hybridized carbons (Fsp3) is 0.200. The maximum Gasteiger partial charge on any atom is 0.251 e. The Morgan fingerprint density at radius 1 is 1.16 bits per heavy atom. The van der Waals surface area contributed by atoms with Gasteiger partial charge in [-0.2, -0.15) is 5.10 Å². The molecule has 2 aromatic carbocycles. The summed E-state index contributed by atoms with van der Waals surface area (Å²) < 4.78 is 7.04. The van der Waals surface area contributed by atoms with E-state index >= 15 is 0 Å². The van der Waals surface area contributed by atoms with Crippen molar-refractivity contribution < 1.29 is 9.53 Å². The van der Waals surface area contributed by atoms with E-state index in [4.69, 9.17) is 4.74 Å². The van der Waals surface area contributed by atoms with E-state index in [1.165, 1.54) is 0 Å². The molecule has 0 radical (unpaired) electrons. The quantitative estimate of drug-likeness (QED) is 0.777. The molecule has 0 unspecified atom stereocenters. The van der Waals surface area contributed by atoms with Gasteiger partial charge in [-0.15, -0.1) is 0 Å². The number of hydrogen-bond donors (Lipinski definition) is 1. The zero-order valence-corrected chi connectivity index (χ0v) is 14.6. The number of ether oxygens (including phenoxy) is 1. The number of hydrogen-bond acceptors (Lipinski definition) is 3. The minimum Gasteiger partial charge on any atom is -0.496 e. The first-order valence-electron chi connectivity index (χ1n) is 8.10. The van der Waals surface area contributed by atoms with Gasteiger partial charge in [0.1, 0.15) is 5.75 Å². The molecule has 0 aliphatic rings. The molecule has 5 heteroatoms. The fourth-order valence-electron chi connectivity index (χ4n) is 2.65. The second-order valence-electron chi connectivity index (χ2n) is 6.00. The van der Waals surface area contributed by atoms with Gasteiger partial charge in [0.05, 0.1) is 19.0 Å². The zero-order chi connectivity index (χ0) is 17.8. The predicted octanol–water partition coefficient (Wildman–Crippen LogP) is 3.43. The van der Waals surface area contributed by atoms with Gasteiger partial charge in [-0.25, -0.2) is 4.68 Å². The summed E-state index contributed by atoms with van der Waals surface area (Å²) in [7, 11) is 1.65. The van der Waals surface area contributed by atoms with E-state index < -0.39 is 0 Å². The standard InChI is InChI=1S/C20H21N3O2/c1-14-11-22-23(13-14)18-7-5-17(6-8-18)20(24)21-12-16-4-9-19(25-3)15(2)10-16/h4-11,13H,12H2,1-3H3,(H,21,24). The number of methoxy groups -OCH3 is 1. The topological polar surface area (TPSA) is 56.1 Å². The van der Waals surface area contributed by atoms with Crippen LogP contribution in [0.4, 0.5) is 0 Å². The summed E-state index contributed by atoms with van der Waals surface area (Å²) >= 11 is 0. The van der Waals surface area contributed by atoms with Gasteiger partial charge < -0.3 is 10.1 Å². The Morgan fingerprint density at radius 3 is 2.52 bits per heavy atom. The highest BCUT2D eigenvalue weighted by Gasteiger charge is 2.07. The average molecular weight is 335 g/mol. The van der Waals surface area contributed by atoms with Gasteiger partial charge in [0.2, 0.25) is 0 Å². The Kier molecular flexibility index (Phi) is 4.84. The molecule has 1 aromatic heterocycles. The molecule has 5 nitrogen and oxygen atoms in total. The molecular weight excluding hydrogens is 314 g/mol. The van der Waals surface area contributed by atoms with Gasteiger partial charge >= 0.3 is 0 Å². The van der Waals surface area contributed by atoms with Crippen molar-refractivity contribution >= 4 is 5.91 Å². The van der Waals surface area contributed by atoms with E-state index in [2.05, 4.69) is 10.4 Å². The van der Waals surface area contributed by atoms with Crippen LogP contribution in [-0.4, -0.2) is 22.8 Å². The van der Waals surface area contributed by atoms with Crippen molar-refractivity contribution in [1.29, 1.82) is 0 Å². The molecular formula is C20H21N3O2. The lowest BCUT2D eigenvalue weighted by Crippen LogP contribution is -2.22. The van der Waals surface area contributed by atoms with Crippen molar-refractivity contribution in [2.24, 2.45) is 0 Å². The van der Waals surface area contributed by atoms with Gasteiger partial charge in [0.25, 0.3) is 5.91 Å². The maximum absolute atomic E-state index is 12.3. The molecule has 128 valence electrons. The number of amides is 1. The second kappa shape index (κ2) is 7.21. The summed E-state index contributed by atoms with van der Waals surface area (Å²) in [5.41, 5.74) is 4.73. The normalized spacial score (nSPS) is 10.5. The number of nitrogens with zero attached hydrogens (tertiary/aromatic N) is 2. The zero-order valence-electron chi connectivity index (χ0n) is 14.6. The molecule has 3 rings (SSSR count). The monoisotopic (exact) mass is 335 g/mol. The Morgan fingerprint density at radius 2 is 1.92 bits per heavy atom. The first-order chi connectivity index (χ1) is 12.1. The molecule has 1 N–H and O–H groups in total. The Balaban J connectivity index is 1.64. The smallest absolute Gasteiger partial charge is 0.251 e. The number of aromatic nitrogens is 2. The lowest BCUT2D eigenvalue weighted by atomic mass is 10.1. The van der Waals surface area contributed by atoms with Crippen LogP contribution in [0.3, 0.4) is 0 Å². The number of benzene rings is 2. The van der Waals surface area contributed by atoms with Crippen molar-refractivity contribution in [3.05, 3.63) is 77.1 Å². The van der Waals surface area contributed by atoms with Crippen molar-refractivity contribution in [2.45, 2.75) is 20.4 Å². The van der Waals surface area contributed by atoms with Crippen molar-refractivity contribution in [3.63, 3.8) is 0 Å². The fourth-order valence-corrected chi connectivity index (χ4v) is 2.65. The van der Waals surface area contributed by atoms with Crippen LogP contribution in [0.2, 0.25) is 0 Å². The number of carbonyl (C=O) groups is 1. The molecule has 0 saturated heterocycles. The van der Waals surface area contributed by atoms with E-state index in [1.54, 1.807) is 30.1 Å². The van der Waals surface area contributed by atoms with Crippen LogP contribution < -0.4 is 10.1 Å².